The van der Waals surface area contributed by atoms with Crippen molar-refractivity contribution in [3.8, 4) is 0 Å². The van der Waals surface area contributed by atoms with Crippen molar-refractivity contribution in [2.75, 3.05) is 31.2 Å². The number of likely N-dealkylation sites (tertiary alicyclic amines) is 1. The number of hydrogen-bond donors (Lipinski definition) is 5. The summed E-state index contributed by atoms with van der Waals surface area (Å²) in [5.41, 5.74) is 14.1. The first kappa shape index (κ1) is 14.3. The summed E-state index contributed by atoms with van der Waals surface area (Å²) in [5.74, 6) is 1.44. The molecule has 3 unspecified atom stereocenters. The molecule has 122 valence electrons. The van der Waals surface area contributed by atoms with Gasteiger partial charge < -0.3 is 26.7 Å². The minimum atomic E-state index is -0.349. The second kappa shape index (κ2) is 4.86. The lowest BCUT2D eigenvalue weighted by molar-refractivity contribution is 0.194. The van der Waals surface area contributed by atoms with E-state index in [4.69, 9.17) is 16.9 Å². The molecule has 0 spiro atoms. The molecule has 6 nitrogen and oxygen atoms in total. The van der Waals surface area contributed by atoms with Gasteiger partial charge in [-0.15, -0.1) is 0 Å². The van der Waals surface area contributed by atoms with Crippen LogP contribution in [0, 0.1) is 23.1 Å². The van der Waals surface area contributed by atoms with E-state index in [1.165, 1.54) is 12.1 Å². The average Bonchev–Trinajstić information content (AvgIpc) is 3.02. The van der Waals surface area contributed by atoms with E-state index >= 15 is 0 Å². The highest BCUT2D eigenvalue weighted by Gasteiger charge is 2.46. The summed E-state index contributed by atoms with van der Waals surface area (Å²) in [5, 5.41) is 12.2. The Hall–Kier alpha value is -2.28. The maximum atomic E-state index is 13.9. The van der Waals surface area contributed by atoms with Crippen LogP contribution >= 0.6 is 0 Å². The van der Waals surface area contributed by atoms with E-state index < -0.39 is 0 Å². The lowest BCUT2D eigenvalue weighted by atomic mass is 9.72. The second-order valence-electron chi connectivity index (χ2n) is 6.62. The molecular formula is C16H21FN6. The van der Waals surface area contributed by atoms with E-state index in [1.807, 2.05) is 4.90 Å². The Morgan fingerprint density at radius 3 is 2.87 bits per heavy atom. The summed E-state index contributed by atoms with van der Waals surface area (Å²) in [6.45, 7) is 1.61. The maximum Gasteiger partial charge on any atom is 0.132 e. The summed E-state index contributed by atoms with van der Waals surface area (Å²) in [7, 11) is 1.73. The summed E-state index contributed by atoms with van der Waals surface area (Å²) in [4.78, 5) is 5.10. The zero-order valence-corrected chi connectivity index (χ0v) is 13.0. The Morgan fingerprint density at radius 2 is 2.22 bits per heavy atom. The first-order valence-electron chi connectivity index (χ1n) is 7.87. The van der Waals surface area contributed by atoms with Crippen molar-refractivity contribution in [1.29, 1.82) is 5.41 Å². The summed E-state index contributed by atoms with van der Waals surface area (Å²) in [6, 6.07) is 3.09. The number of fused-ring (bicyclic) bond motifs is 2. The van der Waals surface area contributed by atoms with Crippen LogP contribution in [-0.2, 0) is 0 Å². The third-order valence-electron chi connectivity index (χ3n) is 5.34. The van der Waals surface area contributed by atoms with E-state index in [1.54, 1.807) is 7.05 Å². The van der Waals surface area contributed by atoms with Crippen LogP contribution in [0.1, 0.15) is 12.0 Å². The molecule has 7 heteroatoms. The molecular weight excluding hydrogens is 295 g/mol. The van der Waals surface area contributed by atoms with Gasteiger partial charge in [-0.1, -0.05) is 0 Å². The van der Waals surface area contributed by atoms with Crippen molar-refractivity contribution >= 4 is 28.2 Å². The van der Waals surface area contributed by atoms with Crippen molar-refractivity contribution in [1.82, 2.24) is 9.88 Å². The topological polar surface area (TPSA) is 107 Å². The largest absolute Gasteiger partial charge is 0.386 e. The maximum absolute atomic E-state index is 13.9. The highest BCUT2D eigenvalue weighted by Crippen LogP contribution is 2.41. The van der Waals surface area contributed by atoms with Crippen molar-refractivity contribution in [2.45, 2.75) is 12.5 Å². The highest BCUT2D eigenvalue weighted by molar-refractivity contribution is 6.14. The van der Waals surface area contributed by atoms with Crippen LogP contribution in [0.3, 0.4) is 0 Å². The number of nitrogens with two attached hydrogens (primary N) is 2. The molecule has 0 bridgehead atoms. The predicted molar refractivity (Wildman–Crippen MR) is 90.2 cm³/mol. The molecule has 2 aromatic rings. The number of aromatic amines is 1. The normalized spacial score (nSPS) is 26.2. The standard InChI is InChI=1S/C16H21FN6/c1-21-12-4-8(17)3-9-13(15(19)22-14(9)12)16(20)23-5-7-2-11(18)10(7)6-23/h3-4,7,10-11,20-22H,2,5-6,18-19H2,1H3. The minimum Gasteiger partial charge on any atom is -0.386 e. The zero-order valence-electron chi connectivity index (χ0n) is 13.0. The van der Waals surface area contributed by atoms with Gasteiger partial charge in [0, 0.05) is 31.6 Å². The van der Waals surface area contributed by atoms with Gasteiger partial charge >= 0.3 is 0 Å². The molecule has 2 heterocycles. The van der Waals surface area contributed by atoms with Gasteiger partial charge in [0.25, 0.3) is 0 Å². The fourth-order valence-electron chi connectivity index (χ4n) is 4.03. The van der Waals surface area contributed by atoms with Gasteiger partial charge in [0.1, 0.15) is 17.5 Å². The number of halogens is 1. The molecule has 1 aromatic carbocycles. The molecule has 1 aromatic heterocycles. The van der Waals surface area contributed by atoms with E-state index in [-0.39, 0.29) is 11.9 Å². The van der Waals surface area contributed by atoms with E-state index in [9.17, 15) is 4.39 Å². The van der Waals surface area contributed by atoms with E-state index in [0.29, 0.717) is 40.1 Å². The fourth-order valence-corrected chi connectivity index (χ4v) is 4.03. The number of hydrogen-bond acceptors (Lipinski definition) is 4. The van der Waals surface area contributed by atoms with Gasteiger partial charge in [-0.2, -0.15) is 0 Å². The Morgan fingerprint density at radius 1 is 1.43 bits per heavy atom. The Balaban J connectivity index is 1.75. The number of nitrogens with one attached hydrogen (secondary N) is 3. The van der Waals surface area contributed by atoms with Crippen molar-refractivity contribution in [3.05, 3.63) is 23.5 Å². The van der Waals surface area contributed by atoms with Gasteiger partial charge in [0.2, 0.25) is 0 Å². The van der Waals surface area contributed by atoms with Crippen molar-refractivity contribution < 1.29 is 4.39 Å². The van der Waals surface area contributed by atoms with Gasteiger partial charge in [-0.3, -0.25) is 5.41 Å². The molecule has 1 saturated heterocycles. The van der Waals surface area contributed by atoms with Crippen LogP contribution in [-0.4, -0.2) is 41.9 Å². The predicted octanol–water partition coefficient (Wildman–Crippen LogP) is 1.54. The van der Waals surface area contributed by atoms with Gasteiger partial charge in [-0.05, 0) is 30.4 Å². The SMILES string of the molecule is CNc1cc(F)cc2c(C(=N)N3CC4CC(N)C4C3)c(N)[nH]c12. The fraction of sp³-hybridized carbons (Fsp3) is 0.438. The molecule has 2 aliphatic rings. The molecule has 1 saturated carbocycles. The van der Waals surface area contributed by atoms with Gasteiger partial charge in [0.15, 0.2) is 0 Å². The molecule has 0 amide bonds. The number of amidine groups is 1. The molecule has 23 heavy (non-hydrogen) atoms. The number of rotatable bonds is 2. The minimum absolute atomic E-state index is 0.242. The first-order chi connectivity index (χ1) is 11.0. The van der Waals surface area contributed by atoms with Crippen molar-refractivity contribution in [3.63, 3.8) is 0 Å². The second-order valence-corrected chi connectivity index (χ2v) is 6.62. The number of nitrogens with zero attached hydrogens (tertiary/aromatic N) is 1. The average molecular weight is 316 g/mol. The van der Waals surface area contributed by atoms with Crippen LogP contribution < -0.4 is 16.8 Å². The lowest BCUT2D eigenvalue weighted by Gasteiger charge is -2.36. The summed E-state index contributed by atoms with van der Waals surface area (Å²) >= 11 is 0. The third-order valence-corrected chi connectivity index (χ3v) is 5.34. The Kier molecular flexibility index (Phi) is 3.02. The van der Waals surface area contributed by atoms with Crippen molar-refractivity contribution in [2.24, 2.45) is 17.6 Å². The molecule has 4 rings (SSSR count). The number of H-pyrrole nitrogens is 1. The quantitative estimate of drug-likeness (QED) is 0.428. The lowest BCUT2D eigenvalue weighted by Crippen LogP contribution is -2.46. The molecule has 7 N–H and O–H groups in total. The number of benzene rings is 1. The van der Waals surface area contributed by atoms with Crippen LogP contribution in [0.5, 0.6) is 0 Å². The molecule has 1 aliphatic heterocycles. The molecule has 3 atom stereocenters. The molecule has 1 aliphatic carbocycles. The zero-order chi connectivity index (χ0) is 16.3. The highest BCUT2D eigenvalue weighted by atomic mass is 19.1. The summed E-state index contributed by atoms with van der Waals surface area (Å²) < 4.78 is 13.9. The Bertz CT molecular complexity index is 797. The van der Waals surface area contributed by atoms with Crippen LogP contribution in [0.25, 0.3) is 10.9 Å². The van der Waals surface area contributed by atoms with Gasteiger partial charge in [0.05, 0.1) is 16.8 Å². The molecule has 0 radical (unpaired) electrons. The third kappa shape index (κ3) is 1.99. The monoisotopic (exact) mass is 316 g/mol. The number of anilines is 2. The van der Waals surface area contributed by atoms with Crippen LogP contribution in [0.15, 0.2) is 12.1 Å². The molecule has 2 fully saturated rings. The van der Waals surface area contributed by atoms with Crippen LogP contribution in [0.4, 0.5) is 15.9 Å². The Labute approximate surface area is 133 Å². The smallest absolute Gasteiger partial charge is 0.132 e. The van der Waals surface area contributed by atoms with E-state index in [0.717, 1.165) is 25.0 Å². The van der Waals surface area contributed by atoms with E-state index in [2.05, 4.69) is 10.3 Å². The summed E-state index contributed by atoms with van der Waals surface area (Å²) in [6.07, 6.45) is 1.02. The number of nitrogen functional groups attached to an aromatic ring is 1. The first-order valence-corrected chi connectivity index (χ1v) is 7.87. The van der Waals surface area contributed by atoms with Gasteiger partial charge in [-0.25, -0.2) is 4.39 Å². The van der Waals surface area contributed by atoms with Crippen LogP contribution in [0.2, 0.25) is 0 Å². The number of aromatic nitrogens is 1.